The largest absolute Gasteiger partial charge is 0.0622 e. The van der Waals surface area contributed by atoms with Gasteiger partial charge in [-0.2, -0.15) is 0 Å². The van der Waals surface area contributed by atoms with Crippen LogP contribution in [0, 0.1) is 75.4 Å². The molecule has 44 heavy (non-hydrogen) atoms. The molecular formula is C44H66. The van der Waals surface area contributed by atoms with E-state index in [9.17, 15) is 0 Å². The first-order valence-electron chi connectivity index (χ1n) is 18.7. The van der Waals surface area contributed by atoms with Crippen molar-refractivity contribution in [1.29, 1.82) is 0 Å². The fourth-order valence-electron chi connectivity index (χ4n) is 12.2. The Bertz CT molecular complexity index is 1160. The standard InChI is InChI=1S/C44H66/c1-29-25-34(43(8,9)10)28-39(29)44(30-17-13-11-14-18-30,31-19-15-12-16-20-31)40-37-26-32(41(2,3)4)21-23-35(37)36-24-22-33(27-38(36)40)42(5,6)7/h11-20,29,32-40H,21-28H2,1-10H3. The molecule has 0 nitrogen and oxygen atoms in total. The van der Waals surface area contributed by atoms with Crippen LogP contribution in [0.3, 0.4) is 0 Å². The molecule has 9 atom stereocenters. The number of benzene rings is 2. The highest BCUT2D eigenvalue weighted by molar-refractivity contribution is 5.44. The molecule has 0 saturated heterocycles. The topological polar surface area (TPSA) is 0 Å². The lowest BCUT2D eigenvalue weighted by Gasteiger charge is -2.54. The van der Waals surface area contributed by atoms with Gasteiger partial charge in [0.1, 0.15) is 0 Å². The van der Waals surface area contributed by atoms with E-state index in [4.69, 9.17) is 0 Å². The lowest BCUT2D eigenvalue weighted by Crippen LogP contribution is -2.50. The zero-order valence-electron chi connectivity index (χ0n) is 30.2. The summed E-state index contributed by atoms with van der Waals surface area (Å²) in [6, 6.07) is 24.3. The van der Waals surface area contributed by atoms with Gasteiger partial charge in [-0.15, -0.1) is 0 Å². The molecule has 4 aliphatic carbocycles. The molecule has 0 spiro atoms. The van der Waals surface area contributed by atoms with E-state index in [-0.39, 0.29) is 5.41 Å². The minimum atomic E-state index is 0.0593. The molecule has 0 aromatic heterocycles. The van der Waals surface area contributed by atoms with Gasteiger partial charge in [0, 0.05) is 5.41 Å². The third-order valence-corrected chi connectivity index (χ3v) is 14.6. The molecule has 0 heteroatoms. The van der Waals surface area contributed by atoms with E-state index in [1.807, 2.05) is 0 Å². The van der Waals surface area contributed by atoms with Crippen LogP contribution < -0.4 is 0 Å². The summed E-state index contributed by atoms with van der Waals surface area (Å²) in [4.78, 5) is 0. The summed E-state index contributed by atoms with van der Waals surface area (Å²) < 4.78 is 0. The van der Waals surface area contributed by atoms with Crippen molar-refractivity contribution in [3.63, 3.8) is 0 Å². The molecule has 0 heterocycles. The molecule has 9 unspecified atom stereocenters. The molecule has 0 N–H and O–H groups in total. The van der Waals surface area contributed by atoms with Crippen molar-refractivity contribution in [3.05, 3.63) is 71.8 Å². The second-order valence-corrected chi connectivity index (χ2v) is 19.7. The smallest absolute Gasteiger partial charge is 0.0267 e. The van der Waals surface area contributed by atoms with Gasteiger partial charge in [-0.1, -0.05) is 130 Å². The first-order chi connectivity index (χ1) is 20.6. The lowest BCUT2D eigenvalue weighted by atomic mass is 9.49. The van der Waals surface area contributed by atoms with E-state index in [1.165, 1.54) is 51.4 Å². The van der Waals surface area contributed by atoms with Crippen molar-refractivity contribution in [2.24, 2.45) is 75.4 Å². The van der Waals surface area contributed by atoms with Crippen LogP contribution in [0.25, 0.3) is 0 Å². The maximum absolute atomic E-state index is 2.65. The van der Waals surface area contributed by atoms with Crippen LogP contribution >= 0.6 is 0 Å². The first-order valence-corrected chi connectivity index (χ1v) is 18.7. The van der Waals surface area contributed by atoms with Crippen molar-refractivity contribution < 1.29 is 0 Å². The average Bonchev–Trinajstić information content (AvgIpc) is 3.52. The summed E-state index contributed by atoms with van der Waals surface area (Å²) in [6.07, 6.45) is 11.4. The molecular weight excluding hydrogens is 528 g/mol. The molecule has 0 bridgehead atoms. The molecule has 0 aliphatic heterocycles. The molecule has 4 aliphatic rings. The fourth-order valence-corrected chi connectivity index (χ4v) is 12.2. The zero-order chi connectivity index (χ0) is 31.7. The Morgan fingerprint density at radius 1 is 0.455 bits per heavy atom. The molecule has 6 rings (SSSR count). The summed E-state index contributed by atoms with van der Waals surface area (Å²) >= 11 is 0. The number of hydrogen-bond donors (Lipinski definition) is 0. The second kappa shape index (κ2) is 11.6. The third-order valence-electron chi connectivity index (χ3n) is 14.6. The van der Waals surface area contributed by atoms with Crippen LogP contribution in [0.4, 0.5) is 0 Å². The van der Waals surface area contributed by atoms with Gasteiger partial charge in [0.05, 0.1) is 0 Å². The molecule has 0 radical (unpaired) electrons. The van der Waals surface area contributed by atoms with Gasteiger partial charge in [-0.3, -0.25) is 0 Å². The van der Waals surface area contributed by atoms with Gasteiger partial charge in [0.25, 0.3) is 0 Å². The monoisotopic (exact) mass is 595 g/mol. The van der Waals surface area contributed by atoms with Gasteiger partial charge in [0.15, 0.2) is 0 Å². The van der Waals surface area contributed by atoms with Crippen LogP contribution in [0.5, 0.6) is 0 Å². The third kappa shape index (κ3) is 5.55. The second-order valence-electron chi connectivity index (χ2n) is 19.7. The number of rotatable bonds is 4. The first kappa shape index (κ1) is 32.4. The predicted octanol–water partition coefficient (Wildman–Crippen LogP) is 12.5. The Labute approximate surface area is 272 Å². The van der Waals surface area contributed by atoms with Gasteiger partial charge >= 0.3 is 0 Å². The fraction of sp³-hybridized carbons (Fsp3) is 0.727. The highest BCUT2D eigenvalue weighted by atomic mass is 14.7. The van der Waals surface area contributed by atoms with Crippen LogP contribution in [-0.4, -0.2) is 0 Å². The summed E-state index contributed by atoms with van der Waals surface area (Å²) in [5, 5.41) is 0. The molecule has 242 valence electrons. The predicted molar refractivity (Wildman–Crippen MR) is 190 cm³/mol. The minimum absolute atomic E-state index is 0.0593. The van der Waals surface area contributed by atoms with E-state index in [1.54, 1.807) is 11.1 Å². The van der Waals surface area contributed by atoms with Crippen LogP contribution in [-0.2, 0) is 5.41 Å². The molecule has 2 aromatic carbocycles. The van der Waals surface area contributed by atoms with Crippen molar-refractivity contribution in [2.45, 2.75) is 126 Å². The highest BCUT2D eigenvalue weighted by Gasteiger charge is 2.64. The summed E-state index contributed by atoms with van der Waals surface area (Å²) in [7, 11) is 0. The Morgan fingerprint density at radius 3 is 1.23 bits per heavy atom. The summed E-state index contributed by atoms with van der Waals surface area (Å²) in [6.45, 7) is 25.5. The summed E-state index contributed by atoms with van der Waals surface area (Å²) in [5.41, 5.74) is 4.46. The van der Waals surface area contributed by atoms with Gasteiger partial charge in [0.2, 0.25) is 0 Å². The Kier molecular flexibility index (Phi) is 8.54. The van der Waals surface area contributed by atoms with E-state index in [2.05, 4.69) is 130 Å². The average molecular weight is 595 g/mol. The van der Waals surface area contributed by atoms with Gasteiger partial charge in [-0.05, 0) is 138 Å². The molecule has 4 saturated carbocycles. The van der Waals surface area contributed by atoms with Crippen molar-refractivity contribution in [1.82, 2.24) is 0 Å². The normalized spacial score (nSPS) is 36.6. The highest BCUT2D eigenvalue weighted by Crippen LogP contribution is 2.70. The maximum atomic E-state index is 2.65. The van der Waals surface area contributed by atoms with E-state index in [0.717, 1.165) is 47.3 Å². The van der Waals surface area contributed by atoms with Crippen molar-refractivity contribution in [3.8, 4) is 0 Å². The van der Waals surface area contributed by atoms with E-state index >= 15 is 0 Å². The SMILES string of the molecule is CC1CC(C(C)(C)C)CC1C(c1ccccc1)(c1ccccc1)C1C2CC(C(C)(C)C)CCC2C2CCC(C(C)(C)C)CC21. The molecule has 4 fully saturated rings. The zero-order valence-corrected chi connectivity index (χ0v) is 30.2. The van der Waals surface area contributed by atoms with E-state index < -0.39 is 0 Å². The number of fused-ring (bicyclic) bond motifs is 3. The van der Waals surface area contributed by atoms with E-state index in [0.29, 0.717) is 28.1 Å². The molecule has 0 amide bonds. The maximum Gasteiger partial charge on any atom is 0.0267 e. The Morgan fingerprint density at radius 2 is 0.864 bits per heavy atom. The minimum Gasteiger partial charge on any atom is -0.0622 e. The van der Waals surface area contributed by atoms with Crippen LogP contribution in [0.2, 0.25) is 0 Å². The quantitative estimate of drug-likeness (QED) is 0.330. The number of hydrogen-bond acceptors (Lipinski definition) is 0. The molecule has 2 aromatic rings. The van der Waals surface area contributed by atoms with Crippen LogP contribution in [0.15, 0.2) is 60.7 Å². The van der Waals surface area contributed by atoms with Gasteiger partial charge in [-0.25, -0.2) is 0 Å². The Balaban J connectivity index is 1.61. The van der Waals surface area contributed by atoms with Crippen LogP contribution in [0.1, 0.15) is 132 Å². The van der Waals surface area contributed by atoms with Gasteiger partial charge < -0.3 is 0 Å². The van der Waals surface area contributed by atoms with Crippen molar-refractivity contribution >= 4 is 0 Å². The lowest BCUT2D eigenvalue weighted by molar-refractivity contribution is 0.0335. The summed E-state index contributed by atoms with van der Waals surface area (Å²) in [5.74, 6) is 8.01. The Hall–Kier alpha value is -1.56. The van der Waals surface area contributed by atoms with Crippen molar-refractivity contribution in [2.75, 3.05) is 0 Å².